The van der Waals surface area contributed by atoms with Crippen molar-refractivity contribution in [2.24, 2.45) is 0 Å². The normalized spacial score (nSPS) is 15.4. The molecule has 1 N–H and O–H groups in total. The first-order valence-electron chi connectivity index (χ1n) is 5.13. The van der Waals surface area contributed by atoms with E-state index in [0.29, 0.717) is 16.6 Å². The molecule has 0 bridgehead atoms. The van der Waals surface area contributed by atoms with Crippen molar-refractivity contribution in [3.63, 3.8) is 0 Å². The molecule has 1 aliphatic heterocycles. The summed E-state index contributed by atoms with van der Waals surface area (Å²) in [5.41, 5.74) is 1.02. The van der Waals surface area contributed by atoms with E-state index in [1.54, 1.807) is 11.0 Å². The second-order valence-corrected chi connectivity index (χ2v) is 4.55. The predicted octanol–water partition coefficient (Wildman–Crippen LogP) is 2.56. The van der Waals surface area contributed by atoms with Gasteiger partial charge in [-0.05, 0) is 24.1 Å². The van der Waals surface area contributed by atoms with Crippen molar-refractivity contribution < 1.29 is 4.79 Å². The SMILES string of the molecule is O=C1NCCN1CCc1ccc(Cl)cc1Cl. The van der Waals surface area contributed by atoms with Crippen molar-refractivity contribution in [1.29, 1.82) is 0 Å². The molecule has 2 rings (SSSR count). The maximum atomic E-state index is 11.3. The smallest absolute Gasteiger partial charge is 0.317 e. The molecule has 1 saturated heterocycles. The van der Waals surface area contributed by atoms with Gasteiger partial charge < -0.3 is 10.2 Å². The van der Waals surface area contributed by atoms with Crippen LogP contribution >= 0.6 is 23.2 Å². The number of rotatable bonds is 3. The maximum Gasteiger partial charge on any atom is 0.317 e. The lowest BCUT2D eigenvalue weighted by Gasteiger charge is -2.14. The van der Waals surface area contributed by atoms with Crippen LogP contribution in [0.5, 0.6) is 0 Å². The van der Waals surface area contributed by atoms with Crippen molar-refractivity contribution in [1.82, 2.24) is 10.2 Å². The fourth-order valence-electron chi connectivity index (χ4n) is 1.70. The predicted molar refractivity (Wildman–Crippen MR) is 65.1 cm³/mol. The molecular formula is C11H12Cl2N2O. The third kappa shape index (κ3) is 2.60. The van der Waals surface area contributed by atoms with E-state index in [1.165, 1.54) is 0 Å². The van der Waals surface area contributed by atoms with Crippen LogP contribution in [0.15, 0.2) is 18.2 Å². The van der Waals surface area contributed by atoms with E-state index >= 15 is 0 Å². The number of hydrogen-bond acceptors (Lipinski definition) is 1. The van der Waals surface area contributed by atoms with Crippen LogP contribution in [0.2, 0.25) is 10.0 Å². The molecule has 1 aromatic carbocycles. The van der Waals surface area contributed by atoms with E-state index in [4.69, 9.17) is 23.2 Å². The second-order valence-electron chi connectivity index (χ2n) is 3.70. The third-order valence-corrected chi connectivity index (χ3v) is 3.20. The lowest BCUT2D eigenvalue weighted by atomic mass is 10.1. The average molecular weight is 259 g/mol. The summed E-state index contributed by atoms with van der Waals surface area (Å²) in [6, 6.07) is 5.44. The molecule has 0 unspecified atom stereocenters. The maximum absolute atomic E-state index is 11.3. The largest absolute Gasteiger partial charge is 0.336 e. The van der Waals surface area contributed by atoms with Crippen LogP contribution in [0, 0.1) is 0 Å². The first-order chi connectivity index (χ1) is 7.66. The molecule has 16 heavy (non-hydrogen) atoms. The minimum absolute atomic E-state index is 0.00471. The average Bonchev–Trinajstić information content (AvgIpc) is 2.63. The van der Waals surface area contributed by atoms with Crippen molar-refractivity contribution >= 4 is 29.2 Å². The van der Waals surface area contributed by atoms with Gasteiger partial charge in [-0.25, -0.2) is 4.79 Å². The number of urea groups is 1. The summed E-state index contributed by atoms with van der Waals surface area (Å²) in [5, 5.41) is 4.05. The van der Waals surface area contributed by atoms with E-state index in [1.807, 2.05) is 12.1 Å². The summed E-state index contributed by atoms with van der Waals surface area (Å²) < 4.78 is 0. The fraction of sp³-hybridized carbons (Fsp3) is 0.364. The van der Waals surface area contributed by atoms with Crippen molar-refractivity contribution in [3.05, 3.63) is 33.8 Å². The summed E-state index contributed by atoms with van der Waals surface area (Å²) in [6.07, 6.45) is 0.753. The molecule has 1 aromatic rings. The zero-order chi connectivity index (χ0) is 11.5. The lowest BCUT2D eigenvalue weighted by Crippen LogP contribution is -2.30. The van der Waals surface area contributed by atoms with Gasteiger partial charge in [0.2, 0.25) is 0 Å². The minimum atomic E-state index is 0.00471. The highest BCUT2D eigenvalue weighted by Crippen LogP contribution is 2.21. The zero-order valence-electron chi connectivity index (χ0n) is 8.67. The number of halogens is 2. The fourth-order valence-corrected chi connectivity index (χ4v) is 2.21. The molecule has 1 aliphatic rings. The van der Waals surface area contributed by atoms with Gasteiger partial charge in [-0.3, -0.25) is 0 Å². The summed E-state index contributed by atoms with van der Waals surface area (Å²) in [6.45, 7) is 2.18. The van der Waals surface area contributed by atoms with Crippen molar-refractivity contribution in [2.45, 2.75) is 6.42 Å². The molecule has 86 valence electrons. The Labute approximate surface area is 104 Å². The molecule has 1 fully saturated rings. The molecule has 3 nitrogen and oxygen atoms in total. The van der Waals surface area contributed by atoms with Crippen LogP contribution < -0.4 is 5.32 Å². The van der Waals surface area contributed by atoms with Gasteiger partial charge in [0.1, 0.15) is 0 Å². The van der Waals surface area contributed by atoms with Gasteiger partial charge in [-0.15, -0.1) is 0 Å². The van der Waals surface area contributed by atoms with E-state index in [0.717, 1.165) is 25.1 Å². The Hall–Kier alpha value is -0.930. The van der Waals surface area contributed by atoms with E-state index in [2.05, 4.69) is 5.32 Å². The molecule has 0 spiro atoms. The van der Waals surface area contributed by atoms with Crippen LogP contribution in [0.4, 0.5) is 4.79 Å². The minimum Gasteiger partial charge on any atom is -0.336 e. The van der Waals surface area contributed by atoms with Gasteiger partial charge in [0, 0.05) is 29.7 Å². The summed E-state index contributed by atoms with van der Waals surface area (Å²) >= 11 is 11.9. The van der Waals surface area contributed by atoms with Gasteiger partial charge in [0.05, 0.1) is 0 Å². The Bertz CT molecular complexity index is 409. The van der Waals surface area contributed by atoms with E-state index in [9.17, 15) is 4.79 Å². The number of carbonyl (C=O) groups excluding carboxylic acids is 1. The number of hydrogen-bond donors (Lipinski definition) is 1. The molecule has 0 radical (unpaired) electrons. The Morgan fingerprint density at radius 3 is 2.81 bits per heavy atom. The van der Waals surface area contributed by atoms with E-state index < -0.39 is 0 Å². The van der Waals surface area contributed by atoms with Gasteiger partial charge >= 0.3 is 6.03 Å². The highest BCUT2D eigenvalue weighted by atomic mass is 35.5. The first kappa shape index (κ1) is 11.6. The number of nitrogens with one attached hydrogen (secondary N) is 1. The summed E-state index contributed by atoms with van der Waals surface area (Å²) in [5.74, 6) is 0. The van der Waals surface area contributed by atoms with E-state index in [-0.39, 0.29) is 6.03 Å². The third-order valence-electron chi connectivity index (χ3n) is 2.61. The molecule has 0 saturated carbocycles. The molecule has 2 amide bonds. The number of nitrogens with zero attached hydrogens (tertiary/aromatic N) is 1. The molecule has 0 aromatic heterocycles. The highest BCUT2D eigenvalue weighted by molar-refractivity contribution is 6.35. The summed E-state index contributed by atoms with van der Waals surface area (Å²) in [7, 11) is 0. The summed E-state index contributed by atoms with van der Waals surface area (Å²) in [4.78, 5) is 13.1. The Kier molecular flexibility index (Phi) is 3.56. The van der Waals surface area contributed by atoms with Crippen molar-refractivity contribution in [2.75, 3.05) is 19.6 Å². The first-order valence-corrected chi connectivity index (χ1v) is 5.89. The Balaban J connectivity index is 1.96. The van der Waals surface area contributed by atoms with Crippen LogP contribution in [0.25, 0.3) is 0 Å². The van der Waals surface area contributed by atoms with Crippen LogP contribution in [0.1, 0.15) is 5.56 Å². The van der Waals surface area contributed by atoms with Gasteiger partial charge in [-0.1, -0.05) is 29.3 Å². The number of carbonyl (C=O) groups is 1. The molecular weight excluding hydrogens is 247 g/mol. The van der Waals surface area contributed by atoms with Crippen LogP contribution in [0.3, 0.4) is 0 Å². The number of amides is 2. The zero-order valence-corrected chi connectivity index (χ0v) is 10.2. The van der Waals surface area contributed by atoms with Crippen molar-refractivity contribution in [3.8, 4) is 0 Å². The lowest BCUT2D eigenvalue weighted by molar-refractivity contribution is 0.218. The number of benzene rings is 1. The Morgan fingerprint density at radius 1 is 1.38 bits per heavy atom. The quantitative estimate of drug-likeness (QED) is 0.888. The topological polar surface area (TPSA) is 32.3 Å². The van der Waals surface area contributed by atoms with Gasteiger partial charge in [0.25, 0.3) is 0 Å². The van der Waals surface area contributed by atoms with Gasteiger partial charge in [-0.2, -0.15) is 0 Å². The molecule has 0 aliphatic carbocycles. The molecule has 5 heteroatoms. The van der Waals surface area contributed by atoms with Crippen LogP contribution in [-0.4, -0.2) is 30.6 Å². The second kappa shape index (κ2) is 4.93. The monoisotopic (exact) mass is 258 g/mol. The Morgan fingerprint density at radius 2 is 2.19 bits per heavy atom. The highest BCUT2D eigenvalue weighted by Gasteiger charge is 2.18. The molecule has 1 heterocycles. The standard InChI is InChI=1S/C11H12Cl2N2O/c12-9-2-1-8(10(13)7-9)3-5-15-6-4-14-11(15)16/h1-2,7H,3-6H2,(H,14,16). The van der Waals surface area contributed by atoms with Crippen LogP contribution in [-0.2, 0) is 6.42 Å². The molecule has 0 atom stereocenters. The van der Waals surface area contributed by atoms with Gasteiger partial charge in [0.15, 0.2) is 0 Å².